The van der Waals surface area contributed by atoms with Gasteiger partial charge in [0.1, 0.15) is 6.10 Å². The average Bonchev–Trinajstić information content (AvgIpc) is 3.54. The molecular weight excluding hydrogens is 456 g/mol. The van der Waals surface area contributed by atoms with Crippen molar-refractivity contribution in [1.29, 1.82) is 0 Å². The summed E-state index contributed by atoms with van der Waals surface area (Å²) in [6, 6.07) is 0. The molecule has 0 spiro atoms. The molecule has 35 heavy (non-hydrogen) atoms. The van der Waals surface area contributed by atoms with E-state index in [9.17, 15) is 4.79 Å². The number of ether oxygens (including phenoxy) is 3. The van der Waals surface area contributed by atoms with E-state index in [1.54, 1.807) is 0 Å². The number of unbranched alkanes of at least 4 members (excludes halogenated alkanes) is 7. The first-order valence-electron chi connectivity index (χ1n) is 14.8. The Labute approximate surface area is 216 Å². The molecule has 0 unspecified atom stereocenters. The molecule has 3 saturated heterocycles. The van der Waals surface area contributed by atoms with Gasteiger partial charge in [-0.25, -0.2) is 0 Å². The Balaban J connectivity index is 1.49. The first-order valence-corrected chi connectivity index (χ1v) is 17.7. The number of esters is 1. The highest BCUT2D eigenvalue weighted by molar-refractivity contribution is 6.74. The summed E-state index contributed by atoms with van der Waals surface area (Å²) in [5, 5.41) is 0.197. The van der Waals surface area contributed by atoms with Crippen LogP contribution in [0.4, 0.5) is 0 Å². The Morgan fingerprint density at radius 2 is 1.40 bits per heavy atom. The Bertz CT molecular complexity index is 645. The van der Waals surface area contributed by atoms with Crippen molar-refractivity contribution >= 4 is 14.3 Å². The lowest BCUT2D eigenvalue weighted by Gasteiger charge is -2.41. The standard InChI is InChI=1S/C29H54O5Si/c1-7-8-9-10-11-12-13-14-15-27(34-35(5,6)29(2,3)4)26-19-18-23(32-26)22-16-17-24(31-22)25-20-21-28(30)33-25/h22-27H,7-21H2,1-6H3/t22-,23+,24-,25+,26+,27+/m1/s1. The minimum atomic E-state index is -1.87. The first kappa shape index (κ1) is 29.1. The van der Waals surface area contributed by atoms with E-state index < -0.39 is 8.32 Å². The second kappa shape index (κ2) is 13.4. The van der Waals surface area contributed by atoms with Gasteiger partial charge in [-0.3, -0.25) is 4.79 Å². The van der Waals surface area contributed by atoms with Crippen molar-refractivity contribution in [3.05, 3.63) is 0 Å². The monoisotopic (exact) mass is 510 g/mol. The number of carbonyl (C=O) groups is 1. The third-order valence-electron chi connectivity index (χ3n) is 8.92. The summed E-state index contributed by atoms with van der Waals surface area (Å²) in [7, 11) is -1.87. The van der Waals surface area contributed by atoms with Crippen LogP contribution in [0.25, 0.3) is 0 Å². The van der Waals surface area contributed by atoms with E-state index in [-0.39, 0.29) is 47.6 Å². The zero-order valence-corrected chi connectivity index (χ0v) is 24.6. The molecule has 204 valence electrons. The lowest BCUT2D eigenvalue weighted by atomic mass is 10.0. The van der Waals surface area contributed by atoms with E-state index in [0.717, 1.165) is 38.5 Å². The van der Waals surface area contributed by atoms with Crippen molar-refractivity contribution in [2.24, 2.45) is 0 Å². The number of hydrogen-bond acceptors (Lipinski definition) is 5. The molecule has 0 aromatic carbocycles. The Hall–Kier alpha value is -0.433. The molecule has 6 heteroatoms. The number of hydrogen-bond donors (Lipinski definition) is 0. The summed E-state index contributed by atoms with van der Waals surface area (Å²) in [6.07, 6.45) is 17.8. The fourth-order valence-corrected chi connectivity index (χ4v) is 7.02. The lowest BCUT2D eigenvalue weighted by Crippen LogP contribution is -2.47. The van der Waals surface area contributed by atoms with Crippen LogP contribution in [-0.2, 0) is 23.4 Å². The predicted molar refractivity (Wildman–Crippen MR) is 144 cm³/mol. The van der Waals surface area contributed by atoms with Gasteiger partial charge in [0.05, 0.1) is 30.5 Å². The minimum absolute atomic E-state index is 0.0469. The maximum atomic E-state index is 11.5. The zero-order valence-electron chi connectivity index (χ0n) is 23.6. The van der Waals surface area contributed by atoms with E-state index in [0.29, 0.717) is 6.42 Å². The SMILES string of the molecule is CCCCCCCCCC[C@H](O[Si](C)(C)C(C)(C)C)[C@@H]1CC[C@@H]([C@H]2CC[C@H]([C@@H]3CCC(=O)O3)O2)O1. The Morgan fingerprint density at radius 3 is 2.00 bits per heavy atom. The molecule has 0 aromatic heterocycles. The quantitative estimate of drug-likeness (QED) is 0.136. The molecule has 0 amide bonds. The predicted octanol–water partition coefficient (Wildman–Crippen LogP) is 7.71. The van der Waals surface area contributed by atoms with Crippen LogP contribution in [0.5, 0.6) is 0 Å². The zero-order chi connectivity index (χ0) is 25.5. The van der Waals surface area contributed by atoms with Gasteiger partial charge in [-0.1, -0.05) is 79.1 Å². The number of carbonyl (C=O) groups excluding carboxylic acids is 1. The van der Waals surface area contributed by atoms with Crippen LogP contribution in [0.1, 0.15) is 124 Å². The molecule has 0 aliphatic carbocycles. The first-order chi connectivity index (χ1) is 16.6. The van der Waals surface area contributed by atoms with Gasteiger partial charge >= 0.3 is 5.97 Å². The van der Waals surface area contributed by atoms with Crippen LogP contribution in [0.3, 0.4) is 0 Å². The molecule has 0 aromatic rings. The second-order valence-corrected chi connectivity index (χ2v) is 17.6. The van der Waals surface area contributed by atoms with Gasteiger partial charge in [0.15, 0.2) is 8.32 Å². The third kappa shape index (κ3) is 8.54. The molecule has 3 rings (SSSR count). The van der Waals surface area contributed by atoms with E-state index in [1.165, 1.54) is 51.4 Å². The van der Waals surface area contributed by atoms with Crippen LogP contribution < -0.4 is 0 Å². The van der Waals surface area contributed by atoms with Crippen molar-refractivity contribution < 1.29 is 23.4 Å². The molecule has 5 nitrogen and oxygen atoms in total. The summed E-state index contributed by atoms with van der Waals surface area (Å²) >= 11 is 0. The molecule has 3 heterocycles. The summed E-state index contributed by atoms with van der Waals surface area (Å²) in [6.45, 7) is 14.0. The van der Waals surface area contributed by atoms with Gasteiger partial charge in [0.25, 0.3) is 0 Å². The molecular formula is C29H54O5Si. The number of rotatable bonds is 14. The van der Waals surface area contributed by atoms with Gasteiger partial charge in [-0.05, 0) is 56.7 Å². The topological polar surface area (TPSA) is 54.0 Å². The van der Waals surface area contributed by atoms with Crippen molar-refractivity contribution in [2.45, 2.75) is 179 Å². The van der Waals surface area contributed by atoms with E-state index in [1.807, 2.05) is 0 Å². The van der Waals surface area contributed by atoms with E-state index >= 15 is 0 Å². The van der Waals surface area contributed by atoms with E-state index in [2.05, 4.69) is 40.8 Å². The highest BCUT2D eigenvalue weighted by Crippen LogP contribution is 2.41. The van der Waals surface area contributed by atoms with Crippen molar-refractivity contribution in [1.82, 2.24) is 0 Å². The molecule has 0 bridgehead atoms. The summed E-state index contributed by atoms with van der Waals surface area (Å²) in [5.41, 5.74) is 0. The smallest absolute Gasteiger partial charge is 0.306 e. The van der Waals surface area contributed by atoms with Gasteiger partial charge in [0, 0.05) is 6.42 Å². The Kier molecular flexibility index (Phi) is 11.1. The summed E-state index contributed by atoms with van der Waals surface area (Å²) in [4.78, 5) is 11.5. The van der Waals surface area contributed by atoms with Gasteiger partial charge in [-0.15, -0.1) is 0 Å². The van der Waals surface area contributed by atoms with E-state index in [4.69, 9.17) is 18.6 Å². The van der Waals surface area contributed by atoms with Gasteiger partial charge in [-0.2, -0.15) is 0 Å². The molecule has 0 saturated carbocycles. The highest BCUT2D eigenvalue weighted by Gasteiger charge is 2.46. The third-order valence-corrected chi connectivity index (χ3v) is 13.4. The highest BCUT2D eigenvalue weighted by atomic mass is 28.4. The maximum Gasteiger partial charge on any atom is 0.306 e. The normalized spacial score (nSPS) is 30.7. The maximum absolute atomic E-state index is 11.5. The van der Waals surface area contributed by atoms with Crippen LogP contribution in [0.15, 0.2) is 0 Å². The molecule has 0 N–H and O–H groups in total. The minimum Gasteiger partial charge on any atom is -0.460 e. The van der Waals surface area contributed by atoms with Crippen LogP contribution in [0.2, 0.25) is 18.1 Å². The van der Waals surface area contributed by atoms with Crippen molar-refractivity contribution in [3.63, 3.8) is 0 Å². The second-order valence-electron chi connectivity index (χ2n) is 12.8. The van der Waals surface area contributed by atoms with Crippen LogP contribution >= 0.6 is 0 Å². The van der Waals surface area contributed by atoms with Crippen molar-refractivity contribution in [2.75, 3.05) is 0 Å². The van der Waals surface area contributed by atoms with Crippen molar-refractivity contribution in [3.8, 4) is 0 Å². The fraction of sp³-hybridized carbons (Fsp3) is 0.966. The molecule has 3 aliphatic rings. The van der Waals surface area contributed by atoms with Gasteiger partial charge in [0.2, 0.25) is 0 Å². The Morgan fingerprint density at radius 1 is 0.829 bits per heavy atom. The molecule has 3 fully saturated rings. The average molecular weight is 511 g/mol. The van der Waals surface area contributed by atoms with Gasteiger partial charge < -0.3 is 18.6 Å². The van der Waals surface area contributed by atoms with Crippen LogP contribution in [0, 0.1) is 0 Å². The molecule has 6 atom stereocenters. The molecule has 3 aliphatic heterocycles. The summed E-state index contributed by atoms with van der Waals surface area (Å²) < 4.78 is 25.5. The van der Waals surface area contributed by atoms with Crippen LogP contribution in [-0.4, -0.2) is 50.9 Å². The summed E-state index contributed by atoms with van der Waals surface area (Å²) in [5.74, 6) is -0.0780. The molecule has 0 radical (unpaired) electrons. The number of cyclic esters (lactones) is 1. The fourth-order valence-electron chi connectivity index (χ4n) is 5.64. The largest absolute Gasteiger partial charge is 0.460 e. The lowest BCUT2D eigenvalue weighted by molar-refractivity contribution is -0.149.